The fraction of sp³-hybridized carbons (Fsp3) is 0.259. The lowest BCUT2D eigenvalue weighted by Crippen LogP contribution is -2.49. The van der Waals surface area contributed by atoms with E-state index < -0.39 is 19.1 Å². The van der Waals surface area contributed by atoms with Crippen LogP contribution < -0.4 is 10.9 Å². The summed E-state index contributed by atoms with van der Waals surface area (Å²) < 4.78 is 5.31. The van der Waals surface area contributed by atoms with E-state index in [2.05, 4.69) is 15.5 Å². The number of rotatable bonds is 11. The molecule has 0 aliphatic heterocycles. The summed E-state index contributed by atoms with van der Waals surface area (Å²) in [7, 11) is -1.59. The van der Waals surface area contributed by atoms with Crippen molar-refractivity contribution in [1.82, 2.24) is 20.4 Å². The van der Waals surface area contributed by atoms with Crippen molar-refractivity contribution in [2.45, 2.75) is 27.0 Å². The molecule has 0 fully saturated rings. The number of carbonyl (C=O) groups is 2. The van der Waals surface area contributed by atoms with Gasteiger partial charge in [0.25, 0.3) is 5.91 Å². The van der Waals surface area contributed by atoms with Crippen molar-refractivity contribution in [3.63, 3.8) is 0 Å². The number of pyridine rings is 1. The number of carbonyl (C=O) groups excluding carboxylic acids is 2. The highest BCUT2D eigenvalue weighted by atomic mass is 16.6. The highest BCUT2D eigenvalue weighted by Gasteiger charge is 2.21. The van der Waals surface area contributed by atoms with E-state index in [-0.39, 0.29) is 25.6 Å². The largest absolute Gasteiger partial charge is 0.488 e. The van der Waals surface area contributed by atoms with Crippen LogP contribution in [-0.2, 0) is 22.7 Å². The molecule has 38 heavy (non-hydrogen) atoms. The molecule has 0 bridgehead atoms. The first-order valence-electron chi connectivity index (χ1n) is 12.2. The average molecular weight is 517 g/mol. The van der Waals surface area contributed by atoms with Crippen molar-refractivity contribution in [2.75, 3.05) is 13.1 Å². The van der Waals surface area contributed by atoms with Gasteiger partial charge in [0.1, 0.15) is 13.2 Å². The van der Waals surface area contributed by atoms with E-state index >= 15 is 0 Å². The van der Waals surface area contributed by atoms with Gasteiger partial charge in [-0.1, -0.05) is 74.5 Å². The van der Waals surface area contributed by atoms with Crippen LogP contribution >= 0.6 is 0 Å². The Morgan fingerprint density at radius 2 is 1.84 bits per heavy atom. The van der Waals surface area contributed by atoms with Crippen molar-refractivity contribution in [2.24, 2.45) is 11.0 Å². The minimum atomic E-state index is -1.59. The third-order valence-corrected chi connectivity index (χ3v) is 5.28. The standard InChI is InChI=1S/C27H32BN5O5/c1-21(2)17-32(30-16-23-10-6-12-25(14-23)28(36)37)19-26(34)33(18-24-11-7-13-29-15-24)31-27(35)38-20-22-8-4-3-5-9-22/h3-16,21,36-37H,17-20H2,1-2H3,(H,31,35)/b30-16+. The summed E-state index contributed by atoms with van der Waals surface area (Å²) >= 11 is 0. The quantitative estimate of drug-likeness (QED) is 0.202. The highest BCUT2D eigenvalue weighted by Crippen LogP contribution is 2.07. The molecule has 198 valence electrons. The van der Waals surface area contributed by atoms with E-state index in [1.807, 2.05) is 44.2 Å². The number of ether oxygens (including phenoxy) is 1. The van der Waals surface area contributed by atoms with E-state index in [9.17, 15) is 19.6 Å². The van der Waals surface area contributed by atoms with E-state index in [4.69, 9.17) is 4.74 Å². The molecule has 2 amide bonds. The summed E-state index contributed by atoms with van der Waals surface area (Å²) in [4.78, 5) is 30.0. The zero-order valence-corrected chi connectivity index (χ0v) is 21.5. The average Bonchev–Trinajstić information content (AvgIpc) is 2.91. The van der Waals surface area contributed by atoms with Gasteiger partial charge in [0, 0.05) is 18.9 Å². The number of hydrazine groups is 1. The van der Waals surface area contributed by atoms with Crippen LogP contribution in [0, 0.1) is 5.92 Å². The third-order valence-electron chi connectivity index (χ3n) is 5.28. The van der Waals surface area contributed by atoms with Gasteiger partial charge >= 0.3 is 13.2 Å². The maximum Gasteiger partial charge on any atom is 0.488 e. The van der Waals surface area contributed by atoms with Crippen LogP contribution in [0.3, 0.4) is 0 Å². The topological polar surface area (TPSA) is 128 Å². The van der Waals surface area contributed by atoms with Crippen LogP contribution in [0.2, 0.25) is 0 Å². The Hall–Kier alpha value is -4.22. The molecule has 10 nitrogen and oxygen atoms in total. The van der Waals surface area contributed by atoms with Crippen LogP contribution in [0.1, 0.15) is 30.5 Å². The van der Waals surface area contributed by atoms with Gasteiger partial charge in [0.2, 0.25) is 0 Å². The molecule has 0 saturated heterocycles. The Balaban J connectivity index is 1.72. The van der Waals surface area contributed by atoms with Crippen molar-refractivity contribution < 1.29 is 24.4 Å². The van der Waals surface area contributed by atoms with Crippen molar-refractivity contribution in [1.29, 1.82) is 0 Å². The Kier molecular flexibility index (Phi) is 10.8. The number of hydrazone groups is 1. The van der Waals surface area contributed by atoms with E-state index in [1.54, 1.807) is 60.0 Å². The maximum absolute atomic E-state index is 13.4. The molecule has 0 saturated carbocycles. The molecular weight excluding hydrogens is 485 g/mol. The smallest absolute Gasteiger partial charge is 0.443 e. The summed E-state index contributed by atoms with van der Waals surface area (Å²) in [6, 6.07) is 19.4. The first-order chi connectivity index (χ1) is 18.3. The van der Waals surface area contributed by atoms with Crippen LogP contribution in [0.15, 0.2) is 84.2 Å². The second-order valence-electron chi connectivity index (χ2n) is 9.04. The highest BCUT2D eigenvalue weighted by molar-refractivity contribution is 6.58. The van der Waals surface area contributed by atoms with E-state index in [0.29, 0.717) is 17.6 Å². The molecule has 1 heterocycles. The van der Waals surface area contributed by atoms with Crippen molar-refractivity contribution in [3.05, 3.63) is 95.8 Å². The number of benzene rings is 2. The van der Waals surface area contributed by atoms with Crippen molar-refractivity contribution in [3.8, 4) is 0 Å². The maximum atomic E-state index is 13.4. The summed E-state index contributed by atoms with van der Waals surface area (Å²) in [6.45, 7) is 4.51. The van der Waals surface area contributed by atoms with Gasteiger partial charge in [-0.05, 0) is 34.1 Å². The zero-order chi connectivity index (χ0) is 27.3. The lowest BCUT2D eigenvalue weighted by Gasteiger charge is -2.27. The molecule has 3 aromatic rings. The number of hydrogen-bond donors (Lipinski definition) is 3. The molecular formula is C27H32BN5O5. The second kappa shape index (κ2) is 14.5. The Labute approximate surface area is 222 Å². The second-order valence-corrected chi connectivity index (χ2v) is 9.04. The summed E-state index contributed by atoms with van der Waals surface area (Å²) in [6.07, 6.45) is 4.03. The number of amides is 2. The van der Waals surface area contributed by atoms with Crippen LogP contribution in [0.5, 0.6) is 0 Å². The number of nitrogens with zero attached hydrogens (tertiary/aromatic N) is 4. The normalized spacial score (nSPS) is 10.9. The SMILES string of the molecule is CC(C)CN(CC(=O)N(Cc1cccnc1)NC(=O)OCc1ccccc1)/N=C/c1cccc(B(O)O)c1. The number of nitrogens with one attached hydrogen (secondary N) is 1. The van der Waals surface area contributed by atoms with Crippen LogP contribution in [0.4, 0.5) is 4.79 Å². The zero-order valence-electron chi connectivity index (χ0n) is 21.5. The van der Waals surface area contributed by atoms with Gasteiger partial charge in [-0.15, -0.1) is 0 Å². The monoisotopic (exact) mass is 517 g/mol. The molecule has 0 aliphatic carbocycles. The van der Waals surface area contributed by atoms with Gasteiger partial charge in [0.15, 0.2) is 0 Å². The molecule has 0 spiro atoms. The van der Waals surface area contributed by atoms with E-state index in [1.165, 1.54) is 5.01 Å². The van der Waals surface area contributed by atoms with Gasteiger partial charge in [-0.25, -0.2) is 15.2 Å². The summed E-state index contributed by atoms with van der Waals surface area (Å²) in [5, 5.41) is 26.1. The number of hydrogen-bond acceptors (Lipinski definition) is 8. The first-order valence-corrected chi connectivity index (χ1v) is 12.2. The van der Waals surface area contributed by atoms with Crippen molar-refractivity contribution >= 4 is 30.8 Å². The van der Waals surface area contributed by atoms with E-state index in [0.717, 1.165) is 11.1 Å². The molecule has 0 unspecified atom stereocenters. The summed E-state index contributed by atoms with van der Waals surface area (Å²) in [5.41, 5.74) is 5.08. The minimum Gasteiger partial charge on any atom is -0.443 e. The molecule has 1 aromatic heterocycles. The molecule has 3 N–H and O–H groups in total. The molecule has 3 rings (SSSR count). The Bertz CT molecular complexity index is 1190. The lowest BCUT2D eigenvalue weighted by atomic mass is 9.80. The predicted octanol–water partition coefficient (Wildman–Crippen LogP) is 1.92. The first kappa shape index (κ1) is 28.4. The fourth-order valence-corrected chi connectivity index (χ4v) is 3.49. The lowest BCUT2D eigenvalue weighted by molar-refractivity contribution is -0.136. The summed E-state index contributed by atoms with van der Waals surface area (Å²) in [5.74, 6) is -0.205. The third kappa shape index (κ3) is 9.68. The molecule has 0 atom stereocenters. The molecule has 2 aromatic carbocycles. The van der Waals surface area contributed by atoms with Gasteiger partial charge in [-0.2, -0.15) is 5.10 Å². The van der Waals surface area contributed by atoms with Crippen LogP contribution in [0.25, 0.3) is 0 Å². The Morgan fingerprint density at radius 1 is 1.08 bits per heavy atom. The van der Waals surface area contributed by atoms with Gasteiger partial charge < -0.3 is 14.8 Å². The minimum absolute atomic E-state index is 0.0625. The predicted molar refractivity (Wildman–Crippen MR) is 145 cm³/mol. The molecule has 0 aliphatic rings. The Morgan fingerprint density at radius 3 is 2.53 bits per heavy atom. The molecule has 11 heteroatoms. The van der Waals surface area contributed by atoms with Crippen LogP contribution in [-0.4, -0.2) is 63.5 Å². The molecule has 0 radical (unpaired) electrons. The van der Waals surface area contributed by atoms with Gasteiger partial charge in [-0.3, -0.25) is 14.8 Å². The fourth-order valence-electron chi connectivity index (χ4n) is 3.49. The number of aromatic nitrogens is 1. The van der Waals surface area contributed by atoms with Gasteiger partial charge in [0.05, 0.1) is 12.8 Å².